The van der Waals surface area contributed by atoms with E-state index < -0.39 is 0 Å². The molecule has 0 aromatic heterocycles. The Hall–Kier alpha value is -1.06. The van der Waals surface area contributed by atoms with Crippen LogP contribution >= 0.6 is 23.8 Å². The first-order chi connectivity index (χ1) is 8.59. The molecule has 0 heterocycles. The summed E-state index contributed by atoms with van der Waals surface area (Å²) >= 11 is 9.60. The van der Waals surface area contributed by atoms with E-state index in [-0.39, 0.29) is 0 Å². The van der Waals surface area contributed by atoms with E-state index >= 15 is 0 Å². The number of thiocarbonyl (C=S) groups is 1. The molecule has 0 saturated heterocycles. The third-order valence-corrected chi connectivity index (χ3v) is 1.59. The van der Waals surface area contributed by atoms with Gasteiger partial charge >= 0.3 is 0 Å². The van der Waals surface area contributed by atoms with Crippen LogP contribution in [0.4, 0.5) is 5.69 Å². The summed E-state index contributed by atoms with van der Waals surface area (Å²) in [6.07, 6.45) is 0. The number of nitrogen functional groups attached to an aromatic ring is 1. The van der Waals surface area contributed by atoms with E-state index in [1.54, 1.807) is 25.1 Å². The van der Waals surface area contributed by atoms with Gasteiger partial charge in [-0.1, -0.05) is 58.1 Å². The maximum absolute atomic E-state index is 5.76. The minimum Gasteiger partial charge on any atom is -0.463 e. The molecule has 1 aromatic rings. The zero-order valence-electron chi connectivity index (χ0n) is 11.9. The number of hydrogen-bond acceptors (Lipinski definition) is 3. The average Bonchev–Trinajstić information content (AvgIpc) is 2.40. The fraction of sp³-hybridized carbons (Fsp3) is 0.357. The molecule has 104 valence electrons. The van der Waals surface area contributed by atoms with Crippen molar-refractivity contribution in [1.82, 2.24) is 0 Å². The van der Waals surface area contributed by atoms with Crippen molar-refractivity contribution in [2.24, 2.45) is 0 Å². The lowest BCUT2D eigenvalue weighted by Crippen LogP contribution is -1.90. The molecule has 0 saturated carbocycles. The quantitative estimate of drug-likeness (QED) is 0.443. The van der Waals surface area contributed by atoms with Crippen molar-refractivity contribution in [2.45, 2.75) is 34.6 Å². The van der Waals surface area contributed by atoms with Gasteiger partial charge in [-0.05, 0) is 24.9 Å². The Morgan fingerprint density at radius 1 is 1.22 bits per heavy atom. The second-order valence-electron chi connectivity index (χ2n) is 2.49. The molecule has 4 heteroatoms. The van der Waals surface area contributed by atoms with Gasteiger partial charge in [0.25, 0.3) is 0 Å². The first-order valence-electron chi connectivity index (χ1n) is 5.77. The van der Waals surface area contributed by atoms with Gasteiger partial charge in [0.2, 0.25) is 0 Å². The van der Waals surface area contributed by atoms with Gasteiger partial charge < -0.3 is 10.5 Å². The summed E-state index contributed by atoms with van der Waals surface area (Å²) in [6.45, 7) is 13.4. The maximum atomic E-state index is 5.76. The number of nitrogens with two attached hydrogens (primary N) is 1. The Kier molecular flexibility index (Phi) is 19.6. The molecule has 0 atom stereocenters. The number of benzene rings is 1. The van der Waals surface area contributed by atoms with Crippen molar-refractivity contribution >= 4 is 35.4 Å². The third-order valence-electron chi connectivity index (χ3n) is 1.26. The molecule has 0 aliphatic rings. The van der Waals surface area contributed by atoms with Crippen LogP contribution in [0, 0.1) is 0 Å². The van der Waals surface area contributed by atoms with Crippen LogP contribution in [0.3, 0.4) is 0 Å². The van der Waals surface area contributed by atoms with Crippen molar-refractivity contribution < 1.29 is 4.74 Å². The van der Waals surface area contributed by atoms with Crippen LogP contribution in [-0.4, -0.2) is 5.87 Å². The normalized spacial score (nSPS) is 7.22. The molecule has 1 aromatic carbocycles. The van der Waals surface area contributed by atoms with Gasteiger partial charge in [-0.2, -0.15) is 0 Å². The van der Waals surface area contributed by atoms with Crippen molar-refractivity contribution in [3.63, 3.8) is 0 Å². The Morgan fingerprint density at radius 2 is 1.67 bits per heavy atom. The van der Waals surface area contributed by atoms with E-state index in [2.05, 4.69) is 24.7 Å². The Bertz CT molecular complexity index is 330. The predicted octanol–water partition coefficient (Wildman–Crippen LogP) is 5.50. The molecule has 0 spiro atoms. The summed E-state index contributed by atoms with van der Waals surface area (Å²) in [6, 6.07) is 5.10. The molecule has 18 heavy (non-hydrogen) atoms. The first-order valence-corrected chi connectivity index (χ1v) is 6.72. The number of ether oxygens (including phenoxy) is 1. The highest BCUT2D eigenvalue weighted by Crippen LogP contribution is 2.24. The lowest BCUT2D eigenvalue weighted by atomic mass is 10.3. The van der Waals surface area contributed by atoms with Gasteiger partial charge in [0.1, 0.15) is 5.75 Å². The molecule has 0 fully saturated rings. The molecule has 0 unspecified atom stereocenters. The zero-order chi connectivity index (χ0) is 15.1. The zero-order valence-corrected chi connectivity index (χ0v) is 13.5. The standard InChI is InChI=1S/C9H10ClNO.2C2H6.CH2S/c1-6(2)12-7-3-4-9(11)8(10)5-7;3*1-2/h3-5H,1,11H2,2H3;2*1-2H3;1H2. The average molecular weight is 290 g/mol. The molecule has 0 aliphatic carbocycles. The number of rotatable bonds is 2. The summed E-state index contributed by atoms with van der Waals surface area (Å²) in [7, 11) is 0. The highest BCUT2D eigenvalue weighted by Gasteiger charge is 1.98. The van der Waals surface area contributed by atoms with E-state index in [0.29, 0.717) is 22.2 Å². The number of allylic oxidation sites excluding steroid dienone is 1. The number of hydrogen-bond donors (Lipinski definition) is 1. The molecular weight excluding hydrogens is 266 g/mol. The summed E-state index contributed by atoms with van der Waals surface area (Å²) in [4.78, 5) is 0. The first kappa shape index (κ1) is 22.1. The van der Waals surface area contributed by atoms with E-state index in [4.69, 9.17) is 22.1 Å². The van der Waals surface area contributed by atoms with Crippen molar-refractivity contribution in [2.75, 3.05) is 5.73 Å². The van der Waals surface area contributed by atoms with Crippen LogP contribution in [0.2, 0.25) is 5.02 Å². The van der Waals surface area contributed by atoms with Crippen LogP contribution in [-0.2, 0) is 0 Å². The van der Waals surface area contributed by atoms with Gasteiger partial charge in [0.05, 0.1) is 16.5 Å². The van der Waals surface area contributed by atoms with Crippen molar-refractivity contribution in [3.8, 4) is 5.75 Å². The summed E-state index contributed by atoms with van der Waals surface area (Å²) in [5, 5.41) is 0.494. The lowest BCUT2D eigenvalue weighted by molar-refractivity contribution is 0.430. The highest BCUT2D eigenvalue weighted by molar-refractivity contribution is 7.77. The fourth-order valence-electron chi connectivity index (χ4n) is 0.773. The van der Waals surface area contributed by atoms with Crippen LogP contribution in [0.1, 0.15) is 34.6 Å². The summed E-state index contributed by atoms with van der Waals surface area (Å²) in [5.41, 5.74) is 6.06. The Morgan fingerprint density at radius 3 is 2.00 bits per heavy atom. The molecule has 1 rings (SSSR count). The predicted molar refractivity (Wildman–Crippen MR) is 88.7 cm³/mol. The lowest BCUT2D eigenvalue weighted by Gasteiger charge is -2.05. The minimum atomic E-state index is 0.494. The van der Waals surface area contributed by atoms with Crippen LogP contribution in [0.5, 0.6) is 5.75 Å². The Balaban J connectivity index is -0.000000328. The number of anilines is 1. The smallest absolute Gasteiger partial charge is 0.128 e. The molecule has 2 N–H and O–H groups in total. The second-order valence-corrected chi connectivity index (χ2v) is 2.89. The van der Waals surface area contributed by atoms with Crippen LogP contribution in [0.15, 0.2) is 30.5 Å². The van der Waals surface area contributed by atoms with E-state index in [0.717, 1.165) is 0 Å². The minimum absolute atomic E-state index is 0.494. The second kappa shape index (κ2) is 15.9. The molecule has 2 nitrogen and oxygen atoms in total. The van der Waals surface area contributed by atoms with Gasteiger partial charge in [0, 0.05) is 6.07 Å². The number of halogens is 1. The highest BCUT2D eigenvalue weighted by atomic mass is 35.5. The fourth-order valence-corrected chi connectivity index (χ4v) is 0.943. The van der Waals surface area contributed by atoms with Crippen molar-refractivity contribution in [1.29, 1.82) is 0 Å². The van der Waals surface area contributed by atoms with Gasteiger partial charge in [-0.3, -0.25) is 0 Å². The van der Waals surface area contributed by atoms with Crippen LogP contribution < -0.4 is 10.5 Å². The van der Waals surface area contributed by atoms with E-state index in [1.807, 2.05) is 27.7 Å². The van der Waals surface area contributed by atoms with Gasteiger partial charge in [0.15, 0.2) is 0 Å². The monoisotopic (exact) mass is 289 g/mol. The SMILES string of the molecule is C=C(C)Oc1ccc(N)c(Cl)c1.C=S.CC.CC. The summed E-state index contributed by atoms with van der Waals surface area (Å²) in [5.74, 6) is 4.11. The Labute approximate surface area is 122 Å². The summed E-state index contributed by atoms with van der Waals surface area (Å²) < 4.78 is 5.22. The van der Waals surface area contributed by atoms with Gasteiger partial charge in [-0.15, -0.1) is 0 Å². The third kappa shape index (κ3) is 11.4. The van der Waals surface area contributed by atoms with Crippen molar-refractivity contribution in [3.05, 3.63) is 35.6 Å². The molecule has 0 amide bonds. The molecule has 0 radical (unpaired) electrons. The van der Waals surface area contributed by atoms with E-state index in [1.165, 1.54) is 0 Å². The largest absolute Gasteiger partial charge is 0.463 e. The molecule has 0 aliphatic heterocycles. The van der Waals surface area contributed by atoms with E-state index in [9.17, 15) is 0 Å². The molecular formula is C14H24ClNOS. The van der Waals surface area contributed by atoms with Gasteiger partial charge in [-0.25, -0.2) is 0 Å². The topological polar surface area (TPSA) is 35.2 Å². The van der Waals surface area contributed by atoms with Crippen LogP contribution in [0.25, 0.3) is 0 Å². The maximum Gasteiger partial charge on any atom is 0.128 e. The molecule has 0 bridgehead atoms.